The van der Waals surface area contributed by atoms with Gasteiger partial charge < -0.3 is 0 Å². The fourth-order valence-electron chi connectivity index (χ4n) is 3.63. The minimum absolute atomic E-state index is 0.0352. The highest BCUT2D eigenvalue weighted by Gasteiger charge is 2.32. The van der Waals surface area contributed by atoms with E-state index in [0.29, 0.717) is 50.7 Å². The third kappa shape index (κ3) is 5.54. The molecule has 0 N–H and O–H groups in total. The van der Waals surface area contributed by atoms with Crippen LogP contribution in [0.4, 0.5) is 0 Å². The van der Waals surface area contributed by atoms with Crippen LogP contribution in [-0.2, 0) is 20.0 Å². The second-order valence-electron chi connectivity index (χ2n) is 7.33. The Bertz CT molecular complexity index is 843. The lowest BCUT2D eigenvalue weighted by Crippen LogP contribution is -2.53. The monoisotopic (exact) mass is 493 g/mol. The Morgan fingerprint density at radius 1 is 0.750 bits per heavy atom. The highest BCUT2D eigenvalue weighted by Crippen LogP contribution is 2.19. The van der Waals surface area contributed by atoms with Gasteiger partial charge in [0.1, 0.15) is 0 Å². The minimum atomic E-state index is -3.40. The molecule has 0 bridgehead atoms. The van der Waals surface area contributed by atoms with Gasteiger partial charge in [-0.15, -0.1) is 0 Å². The van der Waals surface area contributed by atoms with Gasteiger partial charge in [0, 0.05) is 50.3 Å². The molecule has 0 amide bonds. The molecule has 158 valence electrons. The highest BCUT2D eigenvalue weighted by atomic mass is 79.9. The normalized spacial score (nSPS) is 21.5. The lowest BCUT2D eigenvalue weighted by molar-refractivity contribution is 0.189. The predicted molar refractivity (Wildman–Crippen MR) is 113 cm³/mol. The summed E-state index contributed by atoms with van der Waals surface area (Å²) in [6, 6.07) is 6.65. The van der Waals surface area contributed by atoms with Crippen LogP contribution in [0.3, 0.4) is 0 Å². The first-order valence-electron chi connectivity index (χ1n) is 9.75. The molecule has 0 spiro atoms. The summed E-state index contributed by atoms with van der Waals surface area (Å²) in [5, 5.41) is 0. The Hall–Kier alpha value is -0.520. The standard InChI is InChI=1S/C18H28BrN3O4S2/c19-17-5-7-18(8-6-17)27(23,24)16-15-20-11-13-22(14-12-20)28(25,26)21-9-3-1-2-4-10-21/h5-8H,1-4,9-16H2. The van der Waals surface area contributed by atoms with Crippen molar-refractivity contribution in [3.05, 3.63) is 28.7 Å². The van der Waals surface area contributed by atoms with Crippen molar-refractivity contribution in [1.29, 1.82) is 0 Å². The molecule has 3 rings (SSSR count). The maximum Gasteiger partial charge on any atom is 0.282 e. The summed E-state index contributed by atoms with van der Waals surface area (Å²) in [4.78, 5) is 2.35. The van der Waals surface area contributed by atoms with Crippen molar-refractivity contribution >= 4 is 36.0 Å². The third-order valence-corrected chi connectivity index (χ3v) is 9.67. The second-order valence-corrected chi connectivity index (χ2v) is 12.3. The molecule has 1 aromatic rings. The van der Waals surface area contributed by atoms with E-state index in [4.69, 9.17) is 0 Å². The van der Waals surface area contributed by atoms with Gasteiger partial charge in [-0.3, -0.25) is 4.90 Å². The smallest absolute Gasteiger partial charge is 0.282 e. The molecule has 10 heteroatoms. The van der Waals surface area contributed by atoms with Crippen LogP contribution in [0.2, 0.25) is 0 Å². The molecule has 7 nitrogen and oxygen atoms in total. The van der Waals surface area contributed by atoms with Crippen molar-refractivity contribution in [3.63, 3.8) is 0 Å². The van der Waals surface area contributed by atoms with Crippen LogP contribution in [0.1, 0.15) is 25.7 Å². The molecule has 0 aliphatic carbocycles. The Balaban J connectivity index is 1.52. The van der Waals surface area contributed by atoms with Crippen LogP contribution in [0.5, 0.6) is 0 Å². The molecule has 2 heterocycles. The molecule has 2 fully saturated rings. The van der Waals surface area contributed by atoms with Crippen LogP contribution >= 0.6 is 15.9 Å². The zero-order chi connectivity index (χ0) is 20.2. The SMILES string of the molecule is O=S(=O)(CCN1CCN(S(=O)(=O)N2CCCCCC2)CC1)c1ccc(Br)cc1. The van der Waals surface area contributed by atoms with E-state index >= 15 is 0 Å². The summed E-state index contributed by atoms with van der Waals surface area (Å²) in [7, 11) is -6.75. The predicted octanol–water partition coefficient (Wildman–Crippen LogP) is 1.96. The maximum atomic E-state index is 12.9. The summed E-state index contributed by atoms with van der Waals surface area (Å²) in [6.45, 7) is 3.57. The van der Waals surface area contributed by atoms with Crippen molar-refractivity contribution in [2.24, 2.45) is 0 Å². The van der Waals surface area contributed by atoms with Gasteiger partial charge in [0.2, 0.25) is 0 Å². The fourth-order valence-corrected chi connectivity index (χ4v) is 6.85. The summed E-state index contributed by atoms with van der Waals surface area (Å²) in [5.41, 5.74) is 0. The number of piperazine rings is 1. The van der Waals surface area contributed by atoms with Gasteiger partial charge in [-0.25, -0.2) is 8.42 Å². The average Bonchev–Trinajstić information content (AvgIpc) is 2.97. The van der Waals surface area contributed by atoms with Gasteiger partial charge in [-0.1, -0.05) is 28.8 Å². The van der Waals surface area contributed by atoms with Gasteiger partial charge in [0.15, 0.2) is 9.84 Å². The van der Waals surface area contributed by atoms with E-state index in [9.17, 15) is 16.8 Å². The van der Waals surface area contributed by atoms with Crippen LogP contribution < -0.4 is 0 Å². The molecule has 0 saturated carbocycles. The van der Waals surface area contributed by atoms with Crippen molar-refractivity contribution < 1.29 is 16.8 Å². The Morgan fingerprint density at radius 2 is 1.29 bits per heavy atom. The molecule has 2 saturated heterocycles. The molecule has 0 atom stereocenters. The van der Waals surface area contributed by atoms with E-state index < -0.39 is 20.0 Å². The Labute approximate surface area is 176 Å². The summed E-state index contributed by atoms with van der Waals surface area (Å²) in [6.07, 6.45) is 4.03. The molecule has 2 aliphatic rings. The maximum absolute atomic E-state index is 12.9. The van der Waals surface area contributed by atoms with Crippen LogP contribution in [0.25, 0.3) is 0 Å². The van der Waals surface area contributed by atoms with Crippen molar-refractivity contribution in [2.45, 2.75) is 30.6 Å². The molecular formula is C18H28BrN3O4S2. The fraction of sp³-hybridized carbons (Fsp3) is 0.667. The second kappa shape index (κ2) is 9.53. The van der Waals surface area contributed by atoms with Gasteiger partial charge in [-0.2, -0.15) is 17.0 Å². The lowest BCUT2D eigenvalue weighted by atomic mass is 10.2. The zero-order valence-electron chi connectivity index (χ0n) is 16.0. The quantitative estimate of drug-likeness (QED) is 0.605. The molecule has 1 aromatic carbocycles. The van der Waals surface area contributed by atoms with Crippen molar-refractivity contribution in [3.8, 4) is 0 Å². The number of rotatable bonds is 6. The third-order valence-electron chi connectivity index (χ3n) is 5.40. The van der Waals surface area contributed by atoms with Crippen LogP contribution in [-0.4, -0.2) is 81.9 Å². The lowest BCUT2D eigenvalue weighted by Gasteiger charge is -2.36. The van der Waals surface area contributed by atoms with Gasteiger partial charge in [0.05, 0.1) is 10.6 Å². The van der Waals surface area contributed by atoms with Crippen LogP contribution in [0, 0.1) is 0 Å². The average molecular weight is 494 g/mol. The first-order chi connectivity index (χ1) is 13.3. The number of halogens is 1. The van der Waals surface area contributed by atoms with Gasteiger partial charge >= 0.3 is 0 Å². The summed E-state index contributed by atoms with van der Waals surface area (Å²) >= 11 is 3.31. The molecule has 2 aliphatic heterocycles. The van der Waals surface area contributed by atoms with Crippen molar-refractivity contribution in [2.75, 3.05) is 51.6 Å². The topological polar surface area (TPSA) is 78.0 Å². The van der Waals surface area contributed by atoms with Gasteiger partial charge in [0.25, 0.3) is 10.2 Å². The molecule has 0 radical (unpaired) electrons. The van der Waals surface area contributed by atoms with E-state index in [-0.39, 0.29) is 5.75 Å². The van der Waals surface area contributed by atoms with E-state index in [2.05, 4.69) is 15.9 Å². The largest absolute Gasteiger partial charge is 0.300 e. The van der Waals surface area contributed by atoms with E-state index in [0.717, 1.165) is 30.2 Å². The van der Waals surface area contributed by atoms with E-state index in [1.165, 1.54) is 0 Å². The summed E-state index contributed by atoms with van der Waals surface area (Å²) < 4.78 is 54.7. The first kappa shape index (κ1) is 22.2. The number of hydrogen-bond acceptors (Lipinski definition) is 5. The summed E-state index contributed by atoms with van der Waals surface area (Å²) in [5.74, 6) is 0.0352. The highest BCUT2D eigenvalue weighted by molar-refractivity contribution is 9.10. The number of benzene rings is 1. The molecule has 0 unspecified atom stereocenters. The number of nitrogens with zero attached hydrogens (tertiary/aromatic N) is 3. The van der Waals surface area contributed by atoms with E-state index in [1.54, 1.807) is 32.9 Å². The Kier molecular flexibility index (Phi) is 7.54. The molecular weight excluding hydrogens is 466 g/mol. The molecule has 28 heavy (non-hydrogen) atoms. The number of hydrogen-bond donors (Lipinski definition) is 0. The van der Waals surface area contributed by atoms with E-state index in [1.807, 2.05) is 4.90 Å². The Morgan fingerprint density at radius 3 is 1.86 bits per heavy atom. The first-order valence-corrected chi connectivity index (χ1v) is 13.6. The number of sulfone groups is 1. The van der Waals surface area contributed by atoms with Crippen LogP contribution in [0.15, 0.2) is 33.6 Å². The van der Waals surface area contributed by atoms with Crippen molar-refractivity contribution in [1.82, 2.24) is 13.5 Å². The van der Waals surface area contributed by atoms with Gasteiger partial charge in [-0.05, 0) is 37.1 Å². The zero-order valence-corrected chi connectivity index (χ0v) is 19.2. The minimum Gasteiger partial charge on any atom is -0.300 e. The molecule has 0 aromatic heterocycles.